The van der Waals surface area contributed by atoms with Crippen LogP contribution >= 0.6 is 11.3 Å². The molecule has 2 aromatic heterocycles. The molecular weight excluding hydrogens is 458 g/mol. The first-order valence-electron chi connectivity index (χ1n) is 10.8. The van der Waals surface area contributed by atoms with Gasteiger partial charge in [0.2, 0.25) is 11.8 Å². The van der Waals surface area contributed by atoms with E-state index in [-0.39, 0.29) is 11.2 Å². The summed E-state index contributed by atoms with van der Waals surface area (Å²) in [6, 6.07) is 7.42. The molecule has 2 heterocycles. The third-order valence-corrected chi connectivity index (χ3v) is 7.80. The average molecular weight is 486 g/mol. The predicted molar refractivity (Wildman–Crippen MR) is 132 cm³/mol. The molecule has 0 spiro atoms. The number of nitrogens with zero attached hydrogens (tertiary/aromatic N) is 3. The van der Waals surface area contributed by atoms with Gasteiger partial charge in [0.1, 0.15) is 11.0 Å². The molecule has 1 fully saturated rings. The minimum atomic E-state index is -1.12. The van der Waals surface area contributed by atoms with Crippen molar-refractivity contribution in [2.75, 3.05) is 16.6 Å². The van der Waals surface area contributed by atoms with Crippen molar-refractivity contribution >= 4 is 39.0 Å². The van der Waals surface area contributed by atoms with Gasteiger partial charge in [0.05, 0.1) is 41.1 Å². The van der Waals surface area contributed by atoms with Gasteiger partial charge in [0.25, 0.3) is 0 Å². The third-order valence-electron chi connectivity index (χ3n) is 5.31. The van der Waals surface area contributed by atoms with E-state index in [0.717, 1.165) is 23.3 Å². The van der Waals surface area contributed by atoms with Gasteiger partial charge in [0, 0.05) is 16.1 Å². The molecule has 1 unspecified atom stereocenters. The van der Waals surface area contributed by atoms with Gasteiger partial charge in [0.15, 0.2) is 5.13 Å². The first kappa shape index (κ1) is 23.3. The summed E-state index contributed by atoms with van der Waals surface area (Å²) in [5.74, 6) is 0.305. The molecule has 0 bridgehead atoms. The highest BCUT2D eigenvalue weighted by Gasteiger charge is 2.35. The molecule has 2 N–H and O–H groups in total. The lowest BCUT2D eigenvalue weighted by Crippen LogP contribution is -2.35. The number of carbonyl (C=O) groups excluding carboxylic acids is 1. The number of thiazole rings is 1. The van der Waals surface area contributed by atoms with E-state index in [1.54, 1.807) is 12.4 Å². The van der Waals surface area contributed by atoms with Crippen molar-refractivity contribution in [3.05, 3.63) is 47.2 Å². The molecule has 174 valence electrons. The number of rotatable bonds is 9. The second-order valence-corrected chi connectivity index (χ2v) is 11.0. The van der Waals surface area contributed by atoms with E-state index >= 15 is 0 Å². The third kappa shape index (κ3) is 5.39. The molecule has 1 saturated carbocycles. The van der Waals surface area contributed by atoms with Crippen LogP contribution in [0.4, 0.5) is 10.8 Å². The Bertz CT molecular complexity index is 1170. The van der Waals surface area contributed by atoms with Gasteiger partial charge < -0.3 is 10.1 Å². The van der Waals surface area contributed by atoms with Crippen LogP contribution in [0, 0.1) is 6.92 Å². The first-order chi connectivity index (χ1) is 15.8. The van der Waals surface area contributed by atoms with E-state index < -0.39 is 16.4 Å². The second kappa shape index (κ2) is 9.56. The number of amides is 1. The quantitative estimate of drug-likeness (QED) is 0.463. The zero-order valence-corrected chi connectivity index (χ0v) is 20.7. The van der Waals surface area contributed by atoms with E-state index in [4.69, 9.17) is 4.74 Å². The van der Waals surface area contributed by atoms with Crippen LogP contribution in [0.15, 0.2) is 36.7 Å². The van der Waals surface area contributed by atoms with Gasteiger partial charge in [-0.25, -0.2) is 14.2 Å². The fourth-order valence-electron chi connectivity index (χ4n) is 3.30. The summed E-state index contributed by atoms with van der Waals surface area (Å²) in [4.78, 5) is 27.3. The number of carbonyl (C=O) groups is 1. The lowest BCUT2D eigenvalue weighted by Gasteiger charge is -2.22. The Kier molecular flexibility index (Phi) is 6.76. The Hall–Kier alpha value is -2.85. The van der Waals surface area contributed by atoms with Crippen molar-refractivity contribution in [1.82, 2.24) is 15.0 Å². The van der Waals surface area contributed by atoms with E-state index in [1.165, 1.54) is 11.3 Å². The van der Waals surface area contributed by atoms with Gasteiger partial charge in [-0.1, -0.05) is 12.1 Å². The summed E-state index contributed by atoms with van der Waals surface area (Å²) in [5.41, 5.74) is 2.06. The van der Waals surface area contributed by atoms with Crippen molar-refractivity contribution in [3.63, 3.8) is 0 Å². The van der Waals surface area contributed by atoms with E-state index in [9.17, 15) is 9.00 Å². The van der Waals surface area contributed by atoms with Gasteiger partial charge in [-0.2, -0.15) is 0 Å². The largest absolute Gasteiger partial charge is 0.477 e. The molecule has 1 atom stereocenters. The summed E-state index contributed by atoms with van der Waals surface area (Å²) in [7, 11) is -1.12. The molecule has 0 aliphatic heterocycles. The highest BCUT2D eigenvalue weighted by atomic mass is 32.2. The zero-order chi connectivity index (χ0) is 23.6. The molecule has 1 aliphatic rings. The predicted octanol–water partition coefficient (Wildman–Crippen LogP) is 4.46. The van der Waals surface area contributed by atoms with Gasteiger partial charge in [-0.3, -0.25) is 14.5 Å². The number of hydrogen-bond donors (Lipinski definition) is 2. The second-order valence-electron chi connectivity index (χ2n) is 8.35. The Morgan fingerprint density at radius 1 is 1.21 bits per heavy atom. The van der Waals surface area contributed by atoms with Crippen LogP contribution in [0.25, 0.3) is 11.3 Å². The highest BCUT2D eigenvalue weighted by molar-refractivity contribution is 7.87. The van der Waals surface area contributed by atoms with Crippen molar-refractivity contribution in [2.45, 2.75) is 51.2 Å². The minimum absolute atomic E-state index is 0.170. The average Bonchev–Trinajstić information content (AvgIpc) is 3.58. The first-order valence-corrected chi connectivity index (χ1v) is 12.8. The Morgan fingerprint density at radius 3 is 2.61 bits per heavy atom. The lowest BCUT2D eigenvalue weighted by molar-refractivity contribution is -0.120. The molecule has 10 heteroatoms. The number of hydrogen-bond acceptors (Lipinski definition) is 7. The Morgan fingerprint density at radius 2 is 1.94 bits per heavy atom. The van der Waals surface area contributed by atoms with E-state index in [1.807, 2.05) is 52.0 Å². The summed E-state index contributed by atoms with van der Waals surface area (Å²) >= 11 is 1.42. The van der Waals surface area contributed by atoms with E-state index in [0.29, 0.717) is 34.7 Å². The number of aryl methyl sites for hydroxylation is 1. The molecule has 0 saturated heterocycles. The summed E-state index contributed by atoms with van der Waals surface area (Å²) < 4.78 is 20.6. The number of nitrogens with one attached hydrogen (secondary N) is 2. The molecule has 1 aliphatic carbocycles. The lowest BCUT2D eigenvalue weighted by atomic mass is 9.87. The number of benzene rings is 1. The van der Waals surface area contributed by atoms with Crippen LogP contribution in [0.1, 0.15) is 44.2 Å². The standard InChI is InChI=1S/C23H27N5O3S2/c1-5-31-19-13-24-12-18(26-19)15-6-8-16(9-7-15)25-21(29)23(3,4)20-14(2)32-22(27-20)28-33(30)17-10-11-17/h6-9,12-13,17H,5,10-11H2,1-4H3,(H,25,29)(H,27,28). The number of aromatic nitrogens is 3. The SMILES string of the molecule is CCOc1cncc(-c2ccc(NC(=O)C(C)(C)c3nc(NS(=O)C4CC4)sc3C)cc2)n1. The molecule has 33 heavy (non-hydrogen) atoms. The highest BCUT2D eigenvalue weighted by Crippen LogP contribution is 2.34. The van der Waals surface area contributed by atoms with Crippen molar-refractivity contribution in [3.8, 4) is 17.1 Å². The van der Waals surface area contributed by atoms with Crippen molar-refractivity contribution in [1.29, 1.82) is 0 Å². The van der Waals surface area contributed by atoms with Gasteiger partial charge >= 0.3 is 0 Å². The minimum Gasteiger partial charge on any atom is -0.477 e. The van der Waals surface area contributed by atoms with Crippen LogP contribution < -0.4 is 14.8 Å². The van der Waals surface area contributed by atoms with Crippen molar-refractivity contribution in [2.24, 2.45) is 0 Å². The number of anilines is 2. The maximum absolute atomic E-state index is 13.1. The fraction of sp³-hybridized carbons (Fsp3) is 0.391. The van der Waals surface area contributed by atoms with Crippen molar-refractivity contribution < 1.29 is 13.7 Å². The smallest absolute Gasteiger partial charge is 0.236 e. The summed E-state index contributed by atoms with van der Waals surface area (Å²) in [5, 5.41) is 3.78. The molecular formula is C23H27N5O3S2. The Labute approximate surface area is 199 Å². The van der Waals surface area contributed by atoms with Crippen LogP contribution in [0.3, 0.4) is 0 Å². The normalized spacial score (nSPS) is 14.5. The fourth-order valence-corrected chi connectivity index (χ4v) is 5.48. The topological polar surface area (TPSA) is 106 Å². The maximum Gasteiger partial charge on any atom is 0.236 e. The summed E-state index contributed by atoms with van der Waals surface area (Å²) in [6.07, 6.45) is 5.21. The van der Waals surface area contributed by atoms with Gasteiger partial charge in [-0.15, -0.1) is 11.3 Å². The van der Waals surface area contributed by atoms with Crippen LogP contribution in [0.5, 0.6) is 5.88 Å². The molecule has 1 aromatic carbocycles. The van der Waals surface area contributed by atoms with Crippen LogP contribution in [-0.2, 0) is 21.2 Å². The Balaban J connectivity index is 1.45. The molecule has 8 nitrogen and oxygen atoms in total. The van der Waals surface area contributed by atoms with Crippen LogP contribution in [0.2, 0.25) is 0 Å². The van der Waals surface area contributed by atoms with Crippen LogP contribution in [-0.4, -0.2) is 36.9 Å². The molecule has 4 rings (SSSR count). The molecule has 3 aromatic rings. The van der Waals surface area contributed by atoms with Gasteiger partial charge in [-0.05, 0) is 52.7 Å². The maximum atomic E-state index is 13.1. The van der Waals surface area contributed by atoms with E-state index in [2.05, 4.69) is 25.0 Å². The molecule has 0 radical (unpaired) electrons. The zero-order valence-electron chi connectivity index (χ0n) is 19.0. The number of ether oxygens (including phenoxy) is 1. The molecule has 1 amide bonds. The summed E-state index contributed by atoms with van der Waals surface area (Å²) in [6.45, 7) is 8.03. The monoisotopic (exact) mass is 485 g/mol.